The molecule has 0 radical (unpaired) electrons. The summed E-state index contributed by atoms with van der Waals surface area (Å²) < 4.78 is 16.8. The summed E-state index contributed by atoms with van der Waals surface area (Å²) in [6, 6.07) is 0. The highest BCUT2D eigenvalue weighted by Crippen LogP contribution is 2.24. The summed E-state index contributed by atoms with van der Waals surface area (Å²) in [6.45, 7) is 5.27. The molecule has 0 heterocycles. The Morgan fingerprint density at radius 3 is 1.78 bits per heavy atom. The minimum atomic E-state index is -1.44. The van der Waals surface area contributed by atoms with Gasteiger partial charge in [-0.15, -0.1) is 5.48 Å². The molecule has 50 heavy (non-hydrogen) atoms. The quantitative estimate of drug-likeness (QED) is 0.0236. The molecule has 0 saturated heterocycles. The van der Waals surface area contributed by atoms with Crippen molar-refractivity contribution in [1.82, 2.24) is 16.1 Å². The second-order valence-electron chi connectivity index (χ2n) is 12.8. The van der Waals surface area contributed by atoms with Crippen molar-refractivity contribution in [3.8, 4) is 0 Å². The number of aldehydes is 1. The van der Waals surface area contributed by atoms with Gasteiger partial charge in [0.25, 0.3) is 0 Å². The van der Waals surface area contributed by atoms with Crippen molar-refractivity contribution in [2.45, 2.75) is 122 Å². The number of ether oxygens (including phenoxy) is 3. The van der Waals surface area contributed by atoms with Gasteiger partial charge in [-0.3, -0.25) is 24.0 Å². The fourth-order valence-corrected chi connectivity index (χ4v) is 4.64. The molecule has 0 aliphatic heterocycles. The highest BCUT2D eigenvalue weighted by molar-refractivity contribution is 5.76. The van der Waals surface area contributed by atoms with Crippen molar-refractivity contribution in [3.05, 3.63) is 0 Å². The van der Waals surface area contributed by atoms with Gasteiger partial charge < -0.3 is 51.1 Å². The molecule has 290 valence electrons. The van der Waals surface area contributed by atoms with Gasteiger partial charge in [0.1, 0.15) is 18.6 Å². The number of carbonyl (C=O) groups is 6. The molecule has 0 fully saturated rings. The molecule has 0 saturated carbocycles. The van der Waals surface area contributed by atoms with Crippen LogP contribution >= 0.6 is 0 Å². The molecule has 16 heteroatoms. The van der Waals surface area contributed by atoms with Crippen molar-refractivity contribution in [3.63, 3.8) is 0 Å². The van der Waals surface area contributed by atoms with Crippen LogP contribution in [0.2, 0.25) is 0 Å². The van der Waals surface area contributed by atoms with Crippen LogP contribution in [0.3, 0.4) is 0 Å². The van der Waals surface area contributed by atoms with Crippen molar-refractivity contribution in [2.75, 3.05) is 52.7 Å². The number of primary amides is 2. The van der Waals surface area contributed by atoms with Crippen LogP contribution in [0.1, 0.15) is 117 Å². The lowest BCUT2D eigenvalue weighted by atomic mass is 9.88. The Hall–Kier alpha value is -3.18. The van der Waals surface area contributed by atoms with Gasteiger partial charge in [-0.05, 0) is 45.4 Å². The van der Waals surface area contributed by atoms with Crippen LogP contribution in [0.5, 0.6) is 0 Å². The number of carbonyl (C=O) groups excluding carboxylic acids is 6. The summed E-state index contributed by atoms with van der Waals surface area (Å²) in [6.07, 6.45) is 10.2. The molecule has 0 bridgehead atoms. The smallest absolute Gasteiger partial charge is 0.324 e. The van der Waals surface area contributed by atoms with E-state index in [1.54, 1.807) is 0 Å². The Morgan fingerprint density at radius 1 is 0.700 bits per heavy atom. The summed E-state index contributed by atoms with van der Waals surface area (Å²) in [5.74, 6) is -1.61. The largest absolute Gasteiger partial charge is 0.380 e. The third-order valence-corrected chi connectivity index (χ3v) is 7.85. The average molecular weight is 718 g/mol. The molecule has 0 aliphatic carbocycles. The van der Waals surface area contributed by atoms with Gasteiger partial charge in [0.2, 0.25) is 23.6 Å². The van der Waals surface area contributed by atoms with Gasteiger partial charge in [-0.2, -0.15) is 0 Å². The standard InChI is InChI=1S/C34H63N5O11/c1-3-34(27-49-24-29(36)42,25-47-22-16-28(35)41)26-48-23-17-31(44)38-20-12-8-6-9-14-30(43)37-19-11-7-4-5-10-15-32(45)50-39-33(2,46)18-13-21-40/h21,39,46H,3-20,22-27H2,1-2H3,(H2,35,41)(H2,36,42)(H,37,43)(H,38,44). The first-order valence-electron chi connectivity index (χ1n) is 17.8. The Kier molecular flexibility index (Phi) is 27.7. The predicted molar refractivity (Wildman–Crippen MR) is 185 cm³/mol. The monoisotopic (exact) mass is 717 g/mol. The van der Waals surface area contributed by atoms with Gasteiger partial charge >= 0.3 is 5.97 Å². The number of hydrogen-bond donors (Lipinski definition) is 6. The summed E-state index contributed by atoms with van der Waals surface area (Å²) >= 11 is 0. The van der Waals surface area contributed by atoms with Crippen LogP contribution in [-0.2, 0) is 47.8 Å². The lowest BCUT2D eigenvalue weighted by Crippen LogP contribution is -2.43. The van der Waals surface area contributed by atoms with Crippen molar-refractivity contribution in [1.29, 1.82) is 0 Å². The van der Waals surface area contributed by atoms with Crippen molar-refractivity contribution in [2.24, 2.45) is 16.9 Å². The van der Waals surface area contributed by atoms with Gasteiger partial charge in [-0.1, -0.05) is 39.0 Å². The normalized spacial score (nSPS) is 13.5. The molecule has 0 aromatic rings. The van der Waals surface area contributed by atoms with Gasteiger partial charge in [0.15, 0.2) is 0 Å². The molecule has 2 atom stereocenters. The number of hydrogen-bond acceptors (Lipinski definition) is 12. The molecule has 0 spiro atoms. The third-order valence-electron chi connectivity index (χ3n) is 7.85. The molecule has 0 rings (SSSR count). The molecule has 2 unspecified atom stereocenters. The fraction of sp³-hybridized carbons (Fsp3) is 0.824. The summed E-state index contributed by atoms with van der Waals surface area (Å²) in [5.41, 5.74) is 10.6. The van der Waals surface area contributed by atoms with E-state index in [0.29, 0.717) is 38.6 Å². The zero-order chi connectivity index (χ0) is 37.5. The van der Waals surface area contributed by atoms with E-state index in [9.17, 15) is 33.9 Å². The number of aliphatic hydroxyl groups is 1. The zero-order valence-corrected chi connectivity index (χ0v) is 30.2. The van der Waals surface area contributed by atoms with E-state index < -0.39 is 28.9 Å². The molecular weight excluding hydrogens is 654 g/mol. The molecule has 0 aromatic heterocycles. The number of rotatable bonds is 35. The van der Waals surface area contributed by atoms with Gasteiger partial charge in [-0.25, -0.2) is 0 Å². The van der Waals surface area contributed by atoms with E-state index in [-0.39, 0.29) is 83.6 Å². The molecule has 4 amide bonds. The Labute approximate surface area is 296 Å². The van der Waals surface area contributed by atoms with Crippen LogP contribution in [0.15, 0.2) is 0 Å². The Balaban J connectivity index is 3.86. The number of hydroxylamine groups is 1. The maximum absolute atomic E-state index is 12.2. The fourth-order valence-electron chi connectivity index (χ4n) is 4.64. The first-order valence-corrected chi connectivity index (χ1v) is 17.8. The lowest BCUT2D eigenvalue weighted by Gasteiger charge is -2.32. The highest BCUT2D eigenvalue weighted by atomic mass is 16.7. The second kappa shape index (κ2) is 29.5. The van der Waals surface area contributed by atoms with Crippen LogP contribution < -0.4 is 27.6 Å². The number of unbranched alkanes of at least 4 members (excludes halogenated alkanes) is 7. The second-order valence-corrected chi connectivity index (χ2v) is 12.8. The van der Waals surface area contributed by atoms with Crippen LogP contribution in [0.25, 0.3) is 0 Å². The van der Waals surface area contributed by atoms with Crippen LogP contribution in [0, 0.1) is 5.41 Å². The number of nitrogens with one attached hydrogen (secondary N) is 3. The van der Waals surface area contributed by atoms with E-state index in [1.165, 1.54) is 6.92 Å². The predicted octanol–water partition coefficient (Wildman–Crippen LogP) is 1.44. The van der Waals surface area contributed by atoms with E-state index in [2.05, 4.69) is 16.1 Å². The van der Waals surface area contributed by atoms with Crippen LogP contribution in [-0.4, -0.2) is 99.4 Å². The maximum atomic E-state index is 12.2. The van der Waals surface area contributed by atoms with E-state index in [1.807, 2.05) is 6.92 Å². The Bertz CT molecular complexity index is 983. The van der Waals surface area contributed by atoms with Crippen molar-refractivity contribution >= 4 is 35.9 Å². The molecule has 0 aliphatic rings. The molecule has 16 nitrogen and oxygen atoms in total. The average Bonchev–Trinajstić information content (AvgIpc) is 3.07. The minimum absolute atomic E-state index is 0.0290. The lowest BCUT2D eigenvalue weighted by molar-refractivity contribution is -0.171. The summed E-state index contributed by atoms with van der Waals surface area (Å²) in [4.78, 5) is 73.3. The molecule has 8 N–H and O–H groups in total. The van der Waals surface area contributed by atoms with Gasteiger partial charge in [0.05, 0.1) is 33.0 Å². The zero-order valence-electron chi connectivity index (χ0n) is 30.2. The summed E-state index contributed by atoms with van der Waals surface area (Å²) in [5, 5.41) is 15.7. The van der Waals surface area contributed by atoms with E-state index >= 15 is 0 Å². The highest BCUT2D eigenvalue weighted by Gasteiger charge is 2.30. The number of nitrogens with two attached hydrogens (primary N) is 2. The minimum Gasteiger partial charge on any atom is -0.380 e. The van der Waals surface area contributed by atoms with Gasteiger partial charge in [0, 0.05) is 50.6 Å². The first kappa shape index (κ1) is 46.8. The van der Waals surface area contributed by atoms with Crippen LogP contribution in [0.4, 0.5) is 0 Å². The Morgan fingerprint density at radius 2 is 1.22 bits per heavy atom. The topological polar surface area (TPSA) is 248 Å². The van der Waals surface area contributed by atoms with E-state index in [4.69, 9.17) is 30.5 Å². The SMILES string of the molecule is CCC(COCCC(N)=O)(COCCC(=O)NCCCCCCC(=O)NCCCCCCCC(=O)ONC(C)(O)CCC=O)COCC(N)=O. The van der Waals surface area contributed by atoms with E-state index in [0.717, 1.165) is 51.4 Å². The first-order chi connectivity index (χ1) is 23.8. The molecule has 0 aromatic carbocycles. The maximum Gasteiger partial charge on any atom is 0.324 e. The third kappa shape index (κ3) is 28.6. The molecular formula is C34H63N5O11. The summed E-state index contributed by atoms with van der Waals surface area (Å²) in [7, 11) is 0. The van der Waals surface area contributed by atoms with Crippen molar-refractivity contribution < 1.29 is 52.9 Å². The number of amides is 4.